The molecule has 2 heterocycles. The van der Waals surface area contributed by atoms with E-state index in [0.717, 1.165) is 4.90 Å². The zero-order valence-corrected chi connectivity index (χ0v) is 16.7. The SMILES string of the molecule is NCC(=O)NC(Cc1cnc[nH]1)C(=O)NC(CCC(=O)O)C(=O)N1CCCC1C(=O)O. The summed E-state index contributed by atoms with van der Waals surface area (Å²) in [7, 11) is 0. The number of nitrogens with one attached hydrogen (secondary N) is 3. The van der Waals surface area contributed by atoms with Gasteiger partial charge in [-0.15, -0.1) is 0 Å². The summed E-state index contributed by atoms with van der Waals surface area (Å²) < 4.78 is 0. The van der Waals surface area contributed by atoms with Crippen LogP contribution in [0.1, 0.15) is 31.4 Å². The molecule has 0 bridgehead atoms. The van der Waals surface area contributed by atoms with Gasteiger partial charge in [0, 0.05) is 31.3 Å². The van der Waals surface area contributed by atoms with Crippen molar-refractivity contribution in [1.82, 2.24) is 25.5 Å². The predicted octanol–water partition coefficient (Wildman–Crippen LogP) is -2.18. The third-order valence-corrected chi connectivity index (χ3v) is 4.90. The summed E-state index contributed by atoms with van der Waals surface area (Å²) in [6.45, 7) is -0.168. The maximum Gasteiger partial charge on any atom is 0.326 e. The molecule has 0 radical (unpaired) electrons. The topological polar surface area (TPSA) is 208 Å². The second-order valence-corrected chi connectivity index (χ2v) is 7.13. The number of carbonyl (C=O) groups is 5. The zero-order chi connectivity index (χ0) is 23.0. The van der Waals surface area contributed by atoms with E-state index in [-0.39, 0.29) is 32.4 Å². The molecule has 170 valence electrons. The Kier molecular flexibility index (Phi) is 8.49. The summed E-state index contributed by atoms with van der Waals surface area (Å²) in [6, 6.07) is -3.40. The van der Waals surface area contributed by atoms with Crippen LogP contribution in [0.25, 0.3) is 0 Å². The van der Waals surface area contributed by atoms with E-state index in [1.165, 1.54) is 12.5 Å². The molecule has 0 aliphatic carbocycles. The average Bonchev–Trinajstić information content (AvgIpc) is 3.41. The molecule has 3 unspecified atom stereocenters. The Morgan fingerprint density at radius 2 is 1.97 bits per heavy atom. The van der Waals surface area contributed by atoms with Crippen LogP contribution >= 0.6 is 0 Å². The molecule has 3 amide bonds. The lowest BCUT2D eigenvalue weighted by molar-refractivity contribution is -0.150. The van der Waals surface area contributed by atoms with Crippen LogP contribution in [0.5, 0.6) is 0 Å². The summed E-state index contributed by atoms with van der Waals surface area (Å²) in [5, 5.41) is 23.3. The lowest BCUT2D eigenvalue weighted by Crippen LogP contribution is -2.56. The fourth-order valence-corrected chi connectivity index (χ4v) is 3.36. The van der Waals surface area contributed by atoms with Gasteiger partial charge in [0.25, 0.3) is 0 Å². The van der Waals surface area contributed by atoms with Crippen LogP contribution < -0.4 is 16.4 Å². The Hall–Kier alpha value is -3.48. The third-order valence-electron chi connectivity index (χ3n) is 4.90. The Bertz CT molecular complexity index is 812. The molecule has 7 N–H and O–H groups in total. The van der Waals surface area contributed by atoms with Crippen molar-refractivity contribution in [2.24, 2.45) is 5.73 Å². The van der Waals surface area contributed by atoms with Gasteiger partial charge in [-0.05, 0) is 19.3 Å². The van der Waals surface area contributed by atoms with Crippen molar-refractivity contribution < 1.29 is 34.2 Å². The van der Waals surface area contributed by atoms with Crippen LogP contribution in [-0.4, -0.2) is 86.0 Å². The van der Waals surface area contributed by atoms with Crippen LogP contribution in [0.4, 0.5) is 0 Å². The number of imidazole rings is 1. The molecule has 13 heteroatoms. The molecule has 13 nitrogen and oxygen atoms in total. The summed E-state index contributed by atoms with van der Waals surface area (Å²) in [4.78, 5) is 67.8. The Labute approximate surface area is 177 Å². The molecule has 0 saturated carbocycles. The van der Waals surface area contributed by atoms with E-state index >= 15 is 0 Å². The molecule has 1 saturated heterocycles. The van der Waals surface area contributed by atoms with E-state index in [1.807, 2.05) is 0 Å². The number of nitrogens with zero attached hydrogens (tertiary/aromatic N) is 2. The highest BCUT2D eigenvalue weighted by Gasteiger charge is 2.38. The first-order valence-corrected chi connectivity index (χ1v) is 9.75. The molecule has 31 heavy (non-hydrogen) atoms. The number of carboxylic acids is 2. The van der Waals surface area contributed by atoms with Crippen molar-refractivity contribution >= 4 is 29.7 Å². The van der Waals surface area contributed by atoms with E-state index in [2.05, 4.69) is 20.6 Å². The van der Waals surface area contributed by atoms with Crippen molar-refractivity contribution in [2.75, 3.05) is 13.1 Å². The predicted molar refractivity (Wildman–Crippen MR) is 104 cm³/mol. The average molecular weight is 438 g/mol. The van der Waals surface area contributed by atoms with Gasteiger partial charge in [0.2, 0.25) is 17.7 Å². The number of likely N-dealkylation sites (tertiary alicyclic amines) is 1. The normalized spacial score (nSPS) is 17.6. The van der Waals surface area contributed by atoms with Gasteiger partial charge in [0.15, 0.2) is 0 Å². The highest BCUT2D eigenvalue weighted by Crippen LogP contribution is 2.19. The van der Waals surface area contributed by atoms with Gasteiger partial charge in [-0.25, -0.2) is 9.78 Å². The first kappa shape index (κ1) is 23.8. The number of carboxylic acid groups (broad SMARTS) is 2. The highest BCUT2D eigenvalue weighted by molar-refractivity contribution is 5.94. The monoisotopic (exact) mass is 438 g/mol. The number of hydrogen-bond donors (Lipinski definition) is 6. The van der Waals surface area contributed by atoms with Crippen LogP contribution in [0.3, 0.4) is 0 Å². The second-order valence-electron chi connectivity index (χ2n) is 7.13. The molecule has 1 fully saturated rings. The van der Waals surface area contributed by atoms with Gasteiger partial charge >= 0.3 is 11.9 Å². The molecule has 1 aliphatic rings. The molecule has 1 aliphatic heterocycles. The fraction of sp³-hybridized carbons (Fsp3) is 0.556. The largest absolute Gasteiger partial charge is 0.481 e. The summed E-state index contributed by atoms with van der Waals surface area (Å²) >= 11 is 0. The van der Waals surface area contributed by atoms with E-state index in [9.17, 15) is 29.1 Å². The van der Waals surface area contributed by atoms with Crippen molar-refractivity contribution in [3.63, 3.8) is 0 Å². The van der Waals surface area contributed by atoms with E-state index in [4.69, 9.17) is 10.8 Å². The quantitative estimate of drug-likeness (QED) is 0.222. The van der Waals surface area contributed by atoms with Crippen LogP contribution in [-0.2, 0) is 30.4 Å². The Morgan fingerprint density at radius 1 is 1.23 bits per heavy atom. The number of nitrogens with two attached hydrogens (primary N) is 1. The van der Waals surface area contributed by atoms with Crippen molar-refractivity contribution in [2.45, 2.75) is 50.2 Å². The molecule has 2 rings (SSSR count). The first-order valence-electron chi connectivity index (χ1n) is 9.75. The summed E-state index contributed by atoms with van der Waals surface area (Å²) in [6.07, 6.45) is 3.00. The number of rotatable bonds is 11. The van der Waals surface area contributed by atoms with E-state index in [0.29, 0.717) is 12.1 Å². The van der Waals surface area contributed by atoms with Gasteiger partial charge in [0.05, 0.1) is 12.9 Å². The Morgan fingerprint density at radius 3 is 2.55 bits per heavy atom. The molecule has 0 aromatic carbocycles. The third kappa shape index (κ3) is 6.77. The zero-order valence-electron chi connectivity index (χ0n) is 16.7. The number of aromatic nitrogens is 2. The molecule has 1 aromatic rings. The van der Waals surface area contributed by atoms with Gasteiger partial charge in [0.1, 0.15) is 18.1 Å². The van der Waals surface area contributed by atoms with Crippen molar-refractivity contribution in [1.29, 1.82) is 0 Å². The number of H-pyrrole nitrogens is 1. The fourth-order valence-electron chi connectivity index (χ4n) is 3.36. The highest BCUT2D eigenvalue weighted by atomic mass is 16.4. The van der Waals surface area contributed by atoms with E-state index < -0.39 is 54.2 Å². The standard InChI is InChI=1S/C18H26N6O7/c19-7-14(25)22-12(6-10-8-20-9-21-10)16(28)23-11(3-4-15(26)27)17(29)24-5-1-2-13(24)18(30)31/h8-9,11-13H,1-7,19H2,(H,20,21)(H,22,25)(H,23,28)(H,26,27)(H,30,31). The lowest BCUT2D eigenvalue weighted by Gasteiger charge is -2.28. The molecule has 0 spiro atoms. The van der Waals surface area contributed by atoms with Crippen LogP contribution in [0, 0.1) is 0 Å². The Balaban J connectivity index is 2.18. The summed E-state index contributed by atoms with van der Waals surface area (Å²) in [5.74, 6) is -4.34. The van der Waals surface area contributed by atoms with Crippen molar-refractivity contribution in [3.8, 4) is 0 Å². The number of carbonyl (C=O) groups excluding carboxylic acids is 3. The summed E-state index contributed by atoms with van der Waals surface area (Å²) in [5.41, 5.74) is 5.84. The van der Waals surface area contributed by atoms with Crippen LogP contribution in [0.2, 0.25) is 0 Å². The van der Waals surface area contributed by atoms with Crippen molar-refractivity contribution in [3.05, 3.63) is 18.2 Å². The number of amides is 3. The molecule has 3 atom stereocenters. The second kappa shape index (κ2) is 11.1. The smallest absolute Gasteiger partial charge is 0.326 e. The minimum atomic E-state index is -1.26. The van der Waals surface area contributed by atoms with Gasteiger partial charge in [-0.2, -0.15) is 0 Å². The van der Waals surface area contributed by atoms with Gasteiger partial charge in [-0.3, -0.25) is 19.2 Å². The molecular formula is C18H26N6O7. The number of aliphatic carboxylic acids is 2. The number of hydrogen-bond acceptors (Lipinski definition) is 7. The van der Waals surface area contributed by atoms with Gasteiger partial charge < -0.3 is 36.5 Å². The number of aromatic amines is 1. The maximum absolute atomic E-state index is 13.0. The molecular weight excluding hydrogens is 412 g/mol. The maximum atomic E-state index is 13.0. The first-order chi connectivity index (χ1) is 14.7. The minimum absolute atomic E-state index is 0.0267. The van der Waals surface area contributed by atoms with Gasteiger partial charge in [-0.1, -0.05) is 0 Å². The lowest BCUT2D eigenvalue weighted by atomic mass is 10.1. The van der Waals surface area contributed by atoms with E-state index in [1.54, 1.807) is 0 Å². The van der Waals surface area contributed by atoms with Crippen LogP contribution in [0.15, 0.2) is 12.5 Å². The molecule has 1 aromatic heterocycles. The minimum Gasteiger partial charge on any atom is -0.481 e.